The van der Waals surface area contributed by atoms with Gasteiger partial charge in [0.2, 0.25) is 11.8 Å². The molecule has 0 spiro atoms. The molecule has 1 saturated carbocycles. The van der Waals surface area contributed by atoms with Crippen LogP contribution in [-0.4, -0.2) is 56.6 Å². The van der Waals surface area contributed by atoms with Gasteiger partial charge in [-0.3, -0.25) is 9.59 Å². The van der Waals surface area contributed by atoms with Gasteiger partial charge >= 0.3 is 0 Å². The molecule has 2 amide bonds. The maximum atomic E-state index is 12.4. The molecule has 114 valence electrons. The zero-order valence-electron chi connectivity index (χ0n) is 11.9. The third kappa shape index (κ3) is 3.37. The lowest BCUT2D eigenvalue weighted by molar-refractivity contribution is -0.142. The second-order valence-corrected chi connectivity index (χ2v) is 5.86. The molecule has 1 saturated heterocycles. The van der Waals surface area contributed by atoms with Gasteiger partial charge in [0.05, 0.1) is 6.54 Å². The number of aromatic nitrogens is 4. The van der Waals surface area contributed by atoms with Crippen LogP contribution in [0.4, 0.5) is 0 Å². The molecule has 8 heteroatoms. The highest BCUT2D eigenvalue weighted by Gasteiger charge is 2.31. The first-order valence-electron chi connectivity index (χ1n) is 7.48. The molecular weight excluding hydrogens is 272 g/mol. The molecule has 0 unspecified atom stereocenters. The Labute approximate surface area is 122 Å². The van der Waals surface area contributed by atoms with Crippen LogP contribution < -0.4 is 5.32 Å². The lowest BCUT2D eigenvalue weighted by atomic mass is 9.81. The second kappa shape index (κ2) is 6.19. The fraction of sp³-hybridized carbons (Fsp3) is 0.769. The monoisotopic (exact) mass is 292 g/mol. The van der Waals surface area contributed by atoms with E-state index in [9.17, 15) is 9.59 Å². The van der Waals surface area contributed by atoms with Crippen LogP contribution in [0.15, 0.2) is 6.33 Å². The maximum Gasteiger partial charge on any atom is 0.239 e. The van der Waals surface area contributed by atoms with E-state index in [1.807, 2.05) is 0 Å². The van der Waals surface area contributed by atoms with Crippen molar-refractivity contribution in [1.29, 1.82) is 0 Å². The van der Waals surface area contributed by atoms with Crippen molar-refractivity contribution in [3.63, 3.8) is 0 Å². The summed E-state index contributed by atoms with van der Waals surface area (Å²) in [5, 5.41) is 13.9. The maximum absolute atomic E-state index is 12.4. The number of tetrazole rings is 1. The van der Waals surface area contributed by atoms with Gasteiger partial charge in [-0.15, -0.1) is 5.10 Å². The fourth-order valence-electron chi connectivity index (χ4n) is 3.21. The third-order valence-electron chi connectivity index (χ3n) is 4.38. The number of amides is 2. The van der Waals surface area contributed by atoms with E-state index in [2.05, 4.69) is 20.8 Å². The van der Waals surface area contributed by atoms with Gasteiger partial charge in [-0.25, -0.2) is 4.68 Å². The topological polar surface area (TPSA) is 93.0 Å². The Hall–Kier alpha value is -1.99. The number of nitrogens with one attached hydrogen (secondary N) is 1. The highest BCUT2D eigenvalue weighted by atomic mass is 16.2. The quantitative estimate of drug-likeness (QED) is 0.806. The molecule has 1 aliphatic carbocycles. The summed E-state index contributed by atoms with van der Waals surface area (Å²) in [5.41, 5.74) is 0. The lowest BCUT2D eigenvalue weighted by Gasteiger charge is -2.33. The van der Waals surface area contributed by atoms with Crippen LogP contribution in [0, 0.1) is 11.8 Å². The molecule has 1 aliphatic heterocycles. The molecule has 1 N–H and O–H groups in total. The highest BCUT2D eigenvalue weighted by molar-refractivity contribution is 5.87. The van der Waals surface area contributed by atoms with E-state index in [0.29, 0.717) is 19.0 Å². The van der Waals surface area contributed by atoms with Crippen molar-refractivity contribution in [3.8, 4) is 0 Å². The van der Waals surface area contributed by atoms with Crippen LogP contribution in [0.5, 0.6) is 0 Å². The summed E-state index contributed by atoms with van der Waals surface area (Å²) in [5.74, 6) is 0.691. The minimum Gasteiger partial charge on any atom is -0.353 e. The number of piperazine rings is 1. The summed E-state index contributed by atoms with van der Waals surface area (Å²) in [7, 11) is 0. The highest BCUT2D eigenvalue weighted by Crippen LogP contribution is 2.31. The molecule has 0 bridgehead atoms. The largest absolute Gasteiger partial charge is 0.353 e. The minimum absolute atomic E-state index is 0.0537. The summed E-state index contributed by atoms with van der Waals surface area (Å²) in [6.45, 7) is 2.23. The SMILES string of the molecule is O=C1CN(C(=O)C2CCC(Cn3cnnn3)CC2)CCN1. The predicted molar refractivity (Wildman–Crippen MR) is 72.9 cm³/mol. The number of hydrogen-bond donors (Lipinski definition) is 1. The van der Waals surface area contributed by atoms with Crippen LogP contribution in [0.2, 0.25) is 0 Å². The van der Waals surface area contributed by atoms with Crippen molar-refractivity contribution in [3.05, 3.63) is 6.33 Å². The van der Waals surface area contributed by atoms with E-state index >= 15 is 0 Å². The fourth-order valence-corrected chi connectivity index (χ4v) is 3.21. The predicted octanol–water partition coefficient (Wildman–Crippen LogP) is -0.562. The van der Waals surface area contributed by atoms with Crippen molar-refractivity contribution in [2.45, 2.75) is 32.2 Å². The summed E-state index contributed by atoms with van der Waals surface area (Å²) in [4.78, 5) is 25.5. The van der Waals surface area contributed by atoms with Gasteiger partial charge in [-0.05, 0) is 42.0 Å². The average molecular weight is 292 g/mol. The molecule has 0 atom stereocenters. The van der Waals surface area contributed by atoms with Crippen molar-refractivity contribution >= 4 is 11.8 Å². The van der Waals surface area contributed by atoms with E-state index in [4.69, 9.17) is 0 Å². The molecule has 0 radical (unpaired) electrons. The van der Waals surface area contributed by atoms with Crippen LogP contribution in [0.1, 0.15) is 25.7 Å². The van der Waals surface area contributed by atoms with E-state index in [-0.39, 0.29) is 24.3 Å². The Morgan fingerprint density at radius 2 is 2.14 bits per heavy atom. The third-order valence-corrected chi connectivity index (χ3v) is 4.38. The van der Waals surface area contributed by atoms with E-state index in [1.54, 1.807) is 15.9 Å². The Morgan fingerprint density at radius 1 is 1.33 bits per heavy atom. The molecule has 1 aromatic heterocycles. The molecule has 21 heavy (non-hydrogen) atoms. The van der Waals surface area contributed by atoms with E-state index in [1.165, 1.54) is 0 Å². The molecule has 3 rings (SSSR count). The number of nitrogens with zero attached hydrogens (tertiary/aromatic N) is 5. The van der Waals surface area contributed by atoms with Gasteiger partial charge in [0.1, 0.15) is 6.33 Å². The standard InChI is InChI=1S/C13H20N6O2/c20-12-8-18(6-5-14-12)13(21)11-3-1-10(2-4-11)7-19-9-15-16-17-19/h9-11H,1-8H2,(H,14,20). The molecule has 2 fully saturated rings. The summed E-state index contributed by atoms with van der Waals surface area (Å²) >= 11 is 0. The smallest absolute Gasteiger partial charge is 0.239 e. The van der Waals surface area contributed by atoms with Gasteiger partial charge in [-0.2, -0.15) is 0 Å². The van der Waals surface area contributed by atoms with Crippen molar-refractivity contribution in [2.75, 3.05) is 19.6 Å². The first kappa shape index (κ1) is 14.0. The number of carbonyl (C=O) groups excluding carboxylic acids is 2. The summed E-state index contributed by atoms with van der Waals surface area (Å²) in [6, 6.07) is 0. The minimum atomic E-state index is -0.0537. The lowest BCUT2D eigenvalue weighted by Crippen LogP contribution is -2.51. The Kier molecular flexibility index (Phi) is 4.12. The summed E-state index contributed by atoms with van der Waals surface area (Å²) < 4.78 is 1.75. The zero-order valence-corrected chi connectivity index (χ0v) is 11.9. The molecule has 8 nitrogen and oxygen atoms in total. The van der Waals surface area contributed by atoms with Crippen LogP contribution >= 0.6 is 0 Å². The van der Waals surface area contributed by atoms with Crippen molar-refractivity contribution in [2.24, 2.45) is 11.8 Å². The number of carbonyl (C=O) groups is 2. The van der Waals surface area contributed by atoms with E-state index < -0.39 is 0 Å². The summed E-state index contributed by atoms with van der Waals surface area (Å²) in [6.07, 6.45) is 5.43. The second-order valence-electron chi connectivity index (χ2n) is 5.86. The molecule has 0 aromatic carbocycles. The van der Waals surface area contributed by atoms with Gasteiger partial charge in [0.15, 0.2) is 0 Å². The van der Waals surface area contributed by atoms with Crippen LogP contribution in [0.3, 0.4) is 0 Å². The van der Waals surface area contributed by atoms with Crippen LogP contribution in [0.25, 0.3) is 0 Å². The Balaban J connectivity index is 1.48. The van der Waals surface area contributed by atoms with Gasteiger partial charge < -0.3 is 10.2 Å². The van der Waals surface area contributed by atoms with Crippen molar-refractivity contribution < 1.29 is 9.59 Å². The van der Waals surface area contributed by atoms with Gasteiger partial charge in [0.25, 0.3) is 0 Å². The zero-order chi connectivity index (χ0) is 14.7. The molecule has 2 aliphatic rings. The van der Waals surface area contributed by atoms with Gasteiger partial charge in [0, 0.05) is 25.6 Å². The number of rotatable bonds is 3. The van der Waals surface area contributed by atoms with Crippen molar-refractivity contribution in [1.82, 2.24) is 30.4 Å². The van der Waals surface area contributed by atoms with Crippen LogP contribution in [-0.2, 0) is 16.1 Å². The number of hydrogen-bond acceptors (Lipinski definition) is 5. The first-order valence-corrected chi connectivity index (χ1v) is 7.48. The van der Waals surface area contributed by atoms with Gasteiger partial charge in [-0.1, -0.05) is 0 Å². The Morgan fingerprint density at radius 3 is 2.81 bits per heavy atom. The Bertz CT molecular complexity index is 495. The molecule has 1 aromatic rings. The molecule has 2 heterocycles. The normalized spacial score (nSPS) is 26.5. The van der Waals surface area contributed by atoms with E-state index in [0.717, 1.165) is 32.2 Å². The first-order chi connectivity index (χ1) is 10.2. The molecular formula is C13H20N6O2. The average Bonchev–Trinajstić information content (AvgIpc) is 3.00.